The maximum absolute atomic E-state index is 12.4. The van der Waals surface area contributed by atoms with Crippen LogP contribution in [0.5, 0.6) is 0 Å². The molecule has 0 bridgehead atoms. The second-order valence-corrected chi connectivity index (χ2v) is 21.9. The van der Waals surface area contributed by atoms with Crippen molar-refractivity contribution in [3.63, 3.8) is 0 Å². The summed E-state index contributed by atoms with van der Waals surface area (Å²) in [6.07, 6.45) is 51.4. The first kappa shape index (κ1) is 58.7. The van der Waals surface area contributed by atoms with Gasteiger partial charge in [0.15, 0.2) is 0 Å². The fourth-order valence-electron chi connectivity index (χ4n) is 10.7. The van der Waals surface area contributed by atoms with Crippen LogP contribution in [0.25, 0.3) is 0 Å². The fourth-order valence-corrected chi connectivity index (χ4v) is 10.7. The summed E-state index contributed by atoms with van der Waals surface area (Å²) < 4.78 is 6.55. The number of quaternary nitrogens is 1. The van der Waals surface area contributed by atoms with E-state index < -0.39 is 0 Å². The van der Waals surface area contributed by atoms with E-state index in [1.54, 1.807) is 0 Å². The normalized spacial score (nSPS) is 13.3. The maximum atomic E-state index is 12.4. The van der Waals surface area contributed by atoms with Crippen LogP contribution in [0.15, 0.2) is 47.5 Å². The number of esters is 1. The van der Waals surface area contributed by atoms with Gasteiger partial charge in [0.2, 0.25) is 0 Å². The number of nitrogens with zero attached hydrogens (tertiary/aromatic N) is 2. The smallest absolute Gasteiger partial charge is 0.338 e. The molecule has 382 valence electrons. The van der Waals surface area contributed by atoms with Crippen molar-refractivity contribution < 1.29 is 14.0 Å². The molecule has 0 aromatic heterocycles. The third-order valence-electron chi connectivity index (χ3n) is 15.2. The van der Waals surface area contributed by atoms with E-state index in [9.17, 15) is 4.79 Å². The lowest BCUT2D eigenvalue weighted by Crippen LogP contribution is -2.46. The molecule has 0 fully saturated rings. The first-order valence-electron chi connectivity index (χ1n) is 29.3. The number of unbranched alkanes of at least 4 members (excludes halogenated alkanes) is 33. The predicted molar refractivity (Wildman–Crippen MR) is 295 cm³/mol. The number of aliphatic imine (C=N–C) groups is 1. The molecule has 0 spiro atoms. The Morgan fingerprint density at radius 1 is 0.507 bits per heavy atom. The van der Waals surface area contributed by atoms with Crippen LogP contribution in [-0.4, -0.2) is 56.0 Å². The van der Waals surface area contributed by atoms with E-state index in [4.69, 9.17) is 9.73 Å². The van der Waals surface area contributed by atoms with Gasteiger partial charge in [0.1, 0.15) is 0 Å². The quantitative estimate of drug-likeness (QED) is 0.0409. The summed E-state index contributed by atoms with van der Waals surface area (Å²) >= 11 is 0. The lowest BCUT2D eigenvalue weighted by Gasteiger charge is -2.35. The Balaban J connectivity index is 1.31. The molecule has 67 heavy (non-hydrogen) atoms. The molecule has 1 aliphatic heterocycles. The van der Waals surface area contributed by atoms with Gasteiger partial charge in [-0.25, -0.2) is 4.79 Å². The average molecular weight is 928 g/mol. The van der Waals surface area contributed by atoms with Crippen LogP contribution in [0.3, 0.4) is 0 Å². The number of rotatable bonds is 45. The van der Waals surface area contributed by atoms with Gasteiger partial charge in [0, 0.05) is 17.6 Å². The van der Waals surface area contributed by atoms with Crippen molar-refractivity contribution in [2.45, 2.75) is 271 Å². The molecule has 0 aliphatic carbocycles. The molecule has 1 N–H and O–H groups in total. The van der Waals surface area contributed by atoms with Gasteiger partial charge in [-0.15, -0.1) is 0 Å². The molecule has 0 amide bonds. The number of hydrogen-bond acceptors (Lipinski definition) is 4. The number of ether oxygens (including phenoxy) is 1. The van der Waals surface area contributed by atoms with Gasteiger partial charge in [-0.1, -0.05) is 226 Å². The van der Waals surface area contributed by atoms with E-state index in [-0.39, 0.29) is 11.4 Å². The van der Waals surface area contributed by atoms with Crippen LogP contribution >= 0.6 is 0 Å². The third-order valence-corrected chi connectivity index (χ3v) is 15.2. The fraction of sp³-hybridized carbons (Fsp3) is 0.774. The van der Waals surface area contributed by atoms with Gasteiger partial charge in [-0.3, -0.25) is 4.99 Å². The molecule has 5 nitrogen and oxygen atoms in total. The van der Waals surface area contributed by atoms with Crippen LogP contribution in [0.4, 0.5) is 11.4 Å². The molecule has 0 saturated carbocycles. The molecule has 0 saturated heterocycles. The lowest BCUT2D eigenvalue weighted by molar-refractivity contribution is -0.910. The van der Waals surface area contributed by atoms with Crippen LogP contribution in [0.1, 0.15) is 287 Å². The van der Waals surface area contributed by atoms with Crippen LogP contribution in [-0.2, 0) is 10.2 Å². The summed E-state index contributed by atoms with van der Waals surface area (Å²) in [6.45, 7) is 16.3. The van der Waals surface area contributed by atoms with Crippen LogP contribution in [0, 0.1) is 0 Å². The van der Waals surface area contributed by atoms with Crippen molar-refractivity contribution in [2.75, 3.05) is 45.2 Å². The molecule has 3 rings (SSSR count). The molecule has 5 heteroatoms. The molecule has 2 aromatic rings. The highest BCUT2D eigenvalue weighted by molar-refractivity contribution is 6.12. The van der Waals surface area contributed by atoms with E-state index in [2.05, 4.69) is 64.3 Å². The Bertz CT molecular complexity index is 1510. The van der Waals surface area contributed by atoms with E-state index in [1.165, 1.54) is 261 Å². The van der Waals surface area contributed by atoms with E-state index in [1.807, 2.05) is 25.1 Å². The molecular weight excluding hydrogens is 819 g/mol. The Morgan fingerprint density at radius 3 is 1.27 bits per heavy atom. The summed E-state index contributed by atoms with van der Waals surface area (Å²) in [4.78, 5) is 17.4. The summed E-state index contributed by atoms with van der Waals surface area (Å²) in [5.74, 6) is -0.274. The number of benzene rings is 2. The molecule has 0 atom stereocenters. The van der Waals surface area contributed by atoms with Gasteiger partial charge in [-0.2, -0.15) is 0 Å². The van der Waals surface area contributed by atoms with E-state index in [0.29, 0.717) is 12.2 Å². The summed E-state index contributed by atoms with van der Waals surface area (Å²) in [7, 11) is 2.60. The van der Waals surface area contributed by atoms with Crippen molar-refractivity contribution in [3.05, 3.63) is 59.2 Å². The zero-order valence-corrected chi connectivity index (χ0v) is 45.2. The van der Waals surface area contributed by atoms with Crippen molar-refractivity contribution >= 4 is 23.1 Å². The van der Waals surface area contributed by atoms with E-state index >= 15 is 0 Å². The predicted octanol–water partition coefficient (Wildman–Crippen LogP) is 19.2. The summed E-state index contributed by atoms with van der Waals surface area (Å²) in [5.41, 5.74) is 5.66. The largest absolute Gasteiger partial charge is 0.462 e. The topological polar surface area (TPSA) is 50.7 Å². The second-order valence-electron chi connectivity index (χ2n) is 21.9. The standard InChI is InChI=1S/C62H107N3O2/c1-7-10-12-14-16-18-20-22-24-26-28-30-32-34-37-41-51-65(6,52-42-38-35-33-31-29-27-25-23-21-19-17-15-13-11-8-2)53-43-39-36-40-50-63-57-47-44-55(45-48-57)60-62(4,5)58-54-56(61(66)67-9-3)46-49-59(58)64-60/h44-49,54H,7-43,50-53H2,1-6H3/p+1. The highest BCUT2D eigenvalue weighted by Gasteiger charge is 2.36. The van der Waals surface area contributed by atoms with Gasteiger partial charge < -0.3 is 14.5 Å². The highest BCUT2D eigenvalue weighted by atomic mass is 16.5. The first-order chi connectivity index (χ1) is 32.7. The van der Waals surface area contributed by atoms with Gasteiger partial charge in [0.05, 0.1) is 50.3 Å². The zero-order chi connectivity index (χ0) is 48.1. The minimum absolute atomic E-state index is 0.274. The van der Waals surface area contributed by atoms with Crippen LogP contribution < -0.4 is 5.32 Å². The van der Waals surface area contributed by atoms with Gasteiger partial charge in [-0.05, 0) is 93.3 Å². The van der Waals surface area contributed by atoms with Crippen molar-refractivity contribution in [3.8, 4) is 0 Å². The first-order valence-corrected chi connectivity index (χ1v) is 29.3. The van der Waals surface area contributed by atoms with Crippen molar-refractivity contribution in [2.24, 2.45) is 4.99 Å². The maximum Gasteiger partial charge on any atom is 0.338 e. The molecule has 0 radical (unpaired) electrons. The summed E-state index contributed by atoms with van der Waals surface area (Å²) in [5, 5.41) is 3.69. The third kappa shape index (κ3) is 25.7. The monoisotopic (exact) mass is 927 g/mol. The molecule has 2 aromatic carbocycles. The molecular formula is C62H108N3O2+. The minimum Gasteiger partial charge on any atom is -0.462 e. The molecule has 1 heterocycles. The number of nitrogens with one attached hydrogen (secondary N) is 1. The minimum atomic E-state index is -0.293. The van der Waals surface area contributed by atoms with Gasteiger partial charge in [0.25, 0.3) is 0 Å². The molecule has 1 aliphatic rings. The number of carbonyl (C=O) groups excluding carboxylic acids is 1. The van der Waals surface area contributed by atoms with Crippen molar-refractivity contribution in [1.29, 1.82) is 0 Å². The SMILES string of the molecule is CCCCCCCCCCCCCCCCCC[N+](C)(CCCCCCCCCCCCCCCCCC)CCCCCCNc1ccc(C2=Nc3ccc(C(=O)OCC)cc3C2(C)C)cc1. The average Bonchev–Trinajstić information content (AvgIpc) is 3.60. The lowest BCUT2D eigenvalue weighted by atomic mass is 9.78. The Morgan fingerprint density at radius 2 is 0.881 bits per heavy atom. The highest BCUT2D eigenvalue weighted by Crippen LogP contribution is 2.42. The number of fused-ring (bicyclic) bond motifs is 1. The Kier molecular flexibility index (Phi) is 32.6. The Labute approximate surface area is 415 Å². The molecule has 0 unspecified atom stereocenters. The van der Waals surface area contributed by atoms with Gasteiger partial charge >= 0.3 is 5.97 Å². The summed E-state index contributed by atoms with van der Waals surface area (Å²) in [6, 6.07) is 14.5. The number of carbonyl (C=O) groups is 1. The number of hydrogen-bond donors (Lipinski definition) is 1. The van der Waals surface area contributed by atoms with Crippen LogP contribution in [0.2, 0.25) is 0 Å². The van der Waals surface area contributed by atoms with Crippen molar-refractivity contribution in [1.82, 2.24) is 0 Å². The Hall–Kier alpha value is -2.66. The second kappa shape index (κ2) is 37.2. The zero-order valence-electron chi connectivity index (χ0n) is 45.2. The van der Waals surface area contributed by atoms with E-state index in [0.717, 1.165) is 29.1 Å². The number of anilines is 1.